The van der Waals surface area contributed by atoms with Crippen LogP contribution in [-0.4, -0.2) is 22.5 Å². The highest BCUT2D eigenvalue weighted by atomic mass is 79.9. The number of esters is 1. The van der Waals surface area contributed by atoms with Gasteiger partial charge in [0.25, 0.3) is 5.91 Å². The molecule has 0 spiro atoms. The third-order valence-electron chi connectivity index (χ3n) is 3.96. The van der Waals surface area contributed by atoms with E-state index in [0.29, 0.717) is 11.3 Å². The molecule has 1 aromatic heterocycles. The van der Waals surface area contributed by atoms with E-state index in [2.05, 4.69) is 26.2 Å². The lowest BCUT2D eigenvalue weighted by Gasteiger charge is -2.20. The number of hydrogen-bond acceptors (Lipinski definition) is 4. The maximum Gasteiger partial charge on any atom is 0.340 e. The van der Waals surface area contributed by atoms with Crippen molar-refractivity contribution >= 4 is 33.5 Å². The number of carbonyl (C=O) groups excluding carboxylic acids is 2. The number of carbonyl (C=O) groups is 2. The van der Waals surface area contributed by atoms with E-state index in [4.69, 9.17) is 4.74 Å². The topological polar surface area (TPSA) is 68.3 Å². The van der Waals surface area contributed by atoms with Crippen molar-refractivity contribution in [3.05, 3.63) is 82.6 Å². The molecule has 0 bridgehead atoms. The van der Waals surface area contributed by atoms with Crippen molar-refractivity contribution in [1.82, 2.24) is 4.98 Å². The molecule has 6 heteroatoms. The third-order valence-corrected chi connectivity index (χ3v) is 4.45. The van der Waals surface area contributed by atoms with Gasteiger partial charge in [0, 0.05) is 22.4 Å². The first-order chi connectivity index (χ1) is 13.7. The molecule has 0 unspecified atom stereocenters. The van der Waals surface area contributed by atoms with Crippen LogP contribution in [0.4, 0.5) is 5.69 Å². The summed E-state index contributed by atoms with van der Waals surface area (Å²) in [7, 11) is 0. The number of ether oxygens (including phenoxy) is 1. The maximum absolute atomic E-state index is 12.9. The zero-order chi connectivity index (χ0) is 21.0. The minimum Gasteiger partial charge on any atom is -0.456 e. The summed E-state index contributed by atoms with van der Waals surface area (Å²) in [5.41, 5.74) is 2.19. The van der Waals surface area contributed by atoms with Crippen molar-refractivity contribution in [1.29, 1.82) is 0 Å². The molecule has 1 heterocycles. The predicted octanol–water partition coefficient (Wildman–Crippen LogP) is 5.72. The van der Waals surface area contributed by atoms with Crippen molar-refractivity contribution in [2.75, 3.05) is 5.32 Å². The first-order valence-corrected chi connectivity index (χ1v) is 9.87. The molecule has 3 aromatic rings. The molecule has 148 valence electrons. The van der Waals surface area contributed by atoms with Gasteiger partial charge in [0.2, 0.25) is 0 Å². The van der Waals surface area contributed by atoms with Gasteiger partial charge in [-0.3, -0.25) is 9.78 Å². The van der Waals surface area contributed by atoms with Crippen molar-refractivity contribution in [3.63, 3.8) is 0 Å². The first-order valence-electron chi connectivity index (χ1n) is 9.08. The van der Waals surface area contributed by atoms with Crippen LogP contribution >= 0.6 is 15.9 Å². The number of nitrogens with one attached hydrogen (secondary N) is 1. The molecule has 0 aliphatic rings. The van der Waals surface area contributed by atoms with Gasteiger partial charge in [0.05, 0.1) is 16.8 Å². The van der Waals surface area contributed by atoms with Crippen LogP contribution in [-0.2, 0) is 4.74 Å². The highest BCUT2D eigenvalue weighted by Crippen LogP contribution is 2.25. The summed E-state index contributed by atoms with van der Waals surface area (Å²) in [6.07, 6.45) is 3.20. The lowest BCUT2D eigenvalue weighted by atomic mass is 10.1. The quantitative estimate of drug-likeness (QED) is 0.514. The van der Waals surface area contributed by atoms with Crippen LogP contribution < -0.4 is 5.32 Å². The average molecular weight is 453 g/mol. The summed E-state index contributed by atoms with van der Waals surface area (Å²) in [5, 5.41) is 2.80. The van der Waals surface area contributed by atoms with Crippen LogP contribution in [0, 0.1) is 0 Å². The van der Waals surface area contributed by atoms with E-state index in [1.54, 1.807) is 51.2 Å². The molecular formula is C23H21BrN2O3. The van der Waals surface area contributed by atoms with E-state index in [1.807, 2.05) is 30.3 Å². The fraction of sp³-hybridized carbons (Fsp3) is 0.174. The molecule has 1 N–H and O–H groups in total. The second-order valence-electron chi connectivity index (χ2n) is 7.47. The monoisotopic (exact) mass is 452 g/mol. The van der Waals surface area contributed by atoms with E-state index in [1.165, 1.54) is 6.20 Å². The Balaban J connectivity index is 1.88. The largest absolute Gasteiger partial charge is 0.456 e. The van der Waals surface area contributed by atoms with E-state index in [0.717, 1.165) is 15.6 Å². The van der Waals surface area contributed by atoms with Gasteiger partial charge >= 0.3 is 5.97 Å². The van der Waals surface area contributed by atoms with Gasteiger partial charge in [-0.1, -0.05) is 46.3 Å². The number of nitrogens with zero attached hydrogens (tertiary/aromatic N) is 1. The summed E-state index contributed by atoms with van der Waals surface area (Å²) in [5.74, 6) is -0.866. The number of benzene rings is 2. The molecule has 0 saturated heterocycles. The number of halogens is 1. The van der Waals surface area contributed by atoms with Gasteiger partial charge < -0.3 is 10.1 Å². The van der Waals surface area contributed by atoms with E-state index in [-0.39, 0.29) is 11.5 Å². The van der Waals surface area contributed by atoms with E-state index < -0.39 is 11.6 Å². The Labute approximate surface area is 178 Å². The molecule has 5 nitrogen and oxygen atoms in total. The van der Waals surface area contributed by atoms with Gasteiger partial charge in [-0.15, -0.1) is 0 Å². The molecule has 0 aliphatic heterocycles. The molecule has 2 aromatic carbocycles. The summed E-state index contributed by atoms with van der Waals surface area (Å²) >= 11 is 3.38. The maximum atomic E-state index is 12.9. The number of anilines is 1. The molecule has 0 saturated carbocycles. The summed E-state index contributed by atoms with van der Waals surface area (Å²) < 4.78 is 6.18. The first kappa shape index (κ1) is 20.7. The molecule has 0 atom stereocenters. The lowest BCUT2D eigenvalue weighted by Crippen LogP contribution is -2.25. The highest BCUT2D eigenvalue weighted by Gasteiger charge is 2.22. The molecular weight excluding hydrogens is 432 g/mol. The van der Waals surface area contributed by atoms with Gasteiger partial charge in [-0.2, -0.15) is 0 Å². The van der Waals surface area contributed by atoms with Gasteiger partial charge in [0.1, 0.15) is 5.60 Å². The Morgan fingerprint density at radius 2 is 1.69 bits per heavy atom. The Hall–Kier alpha value is -2.99. The number of amides is 1. The Kier molecular flexibility index (Phi) is 6.13. The normalized spacial score (nSPS) is 11.0. The molecule has 1 amide bonds. The standard InChI is InChI=1S/C23H21BrN2O3/c1-23(2,3)29-22(28)19-10-9-18(24)12-20(19)26-21(27)17-11-16(13-25-14-17)15-7-5-4-6-8-15/h4-14H,1-3H3,(H,26,27). The summed E-state index contributed by atoms with van der Waals surface area (Å²) in [6.45, 7) is 5.38. The zero-order valence-corrected chi connectivity index (χ0v) is 18.0. The molecule has 3 rings (SSSR count). The van der Waals surface area contributed by atoms with Crippen LogP contribution in [0.2, 0.25) is 0 Å². The molecule has 29 heavy (non-hydrogen) atoms. The summed E-state index contributed by atoms with van der Waals surface area (Å²) in [6, 6.07) is 16.5. The second kappa shape index (κ2) is 8.57. The smallest absolute Gasteiger partial charge is 0.340 e. The molecule has 0 fully saturated rings. The van der Waals surface area contributed by atoms with Crippen LogP contribution in [0.5, 0.6) is 0 Å². The van der Waals surface area contributed by atoms with E-state index in [9.17, 15) is 9.59 Å². The number of pyridine rings is 1. The Morgan fingerprint density at radius 3 is 2.38 bits per heavy atom. The number of aromatic nitrogens is 1. The third kappa shape index (κ3) is 5.51. The van der Waals surface area contributed by atoms with Gasteiger partial charge in [0.15, 0.2) is 0 Å². The van der Waals surface area contributed by atoms with Gasteiger partial charge in [-0.05, 0) is 50.6 Å². The van der Waals surface area contributed by atoms with Gasteiger partial charge in [-0.25, -0.2) is 4.79 Å². The summed E-state index contributed by atoms with van der Waals surface area (Å²) in [4.78, 5) is 29.6. The van der Waals surface area contributed by atoms with Crippen LogP contribution in [0.15, 0.2) is 71.5 Å². The van der Waals surface area contributed by atoms with Crippen LogP contribution in [0.1, 0.15) is 41.5 Å². The SMILES string of the molecule is CC(C)(C)OC(=O)c1ccc(Br)cc1NC(=O)c1cncc(-c2ccccc2)c1. The van der Waals surface area contributed by atoms with Crippen LogP contribution in [0.3, 0.4) is 0 Å². The average Bonchev–Trinajstić information content (AvgIpc) is 2.67. The zero-order valence-electron chi connectivity index (χ0n) is 16.4. The van der Waals surface area contributed by atoms with Crippen molar-refractivity contribution in [3.8, 4) is 11.1 Å². The van der Waals surface area contributed by atoms with Crippen molar-refractivity contribution < 1.29 is 14.3 Å². The molecule has 0 radical (unpaired) electrons. The number of hydrogen-bond donors (Lipinski definition) is 1. The van der Waals surface area contributed by atoms with E-state index >= 15 is 0 Å². The minimum absolute atomic E-state index is 0.281. The Bertz CT molecular complexity index is 1040. The van der Waals surface area contributed by atoms with Crippen LogP contribution in [0.25, 0.3) is 11.1 Å². The highest BCUT2D eigenvalue weighted by molar-refractivity contribution is 9.10. The second-order valence-corrected chi connectivity index (χ2v) is 8.39. The number of rotatable bonds is 4. The fourth-order valence-corrected chi connectivity index (χ4v) is 3.04. The molecule has 0 aliphatic carbocycles. The fourth-order valence-electron chi connectivity index (χ4n) is 2.68. The van der Waals surface area contributed by atoms with Crippen molar-refractivity contribution in [2.45, 2.75) is 26.4 Å². The van der Waals surface area contributed by atoms with Crippen molar-refractivity contribution in [2.24, 2.45) is 0 Å². The Morgan fingerprint density at radius 1 is 0.966 bits per heavy atom. The predicted molar refractivity (Wildman–Crippen MR) is 117 cm³/mol. The minimum atomic E-state index is -0.640. The lowest BCUT2D eigenvalue weighted by molar-refractivity contribution is 0.00707.